The van der Waals surface area contributed by atoms with E-state index in [1.54, 1.807) is 12.4 Å². The molecule has 0 spiro atoms. The molecule has 2 heterocycles. The lowest BCUT2D eigenvalue weighted by Crippen LogP contribution is -2.15. The van der Waals surface area contributed by atoms with Crippen molar-refractivity contribution in [3.8, 4) is 0 Å². The van der Waals surface area contributed by atoms with Gasteiger partial charge >= 0.3 is 0 Å². The van der Waals surface area contributed by atoms with Gasteiger partial charge in [-0.1, -0.05) is 19.0 Å². The number of rotatable bonds is 8. The Morgan fingerprint density at radius 2 is 1.95 bits per heavy atom. The van der Waals surface area contributed by atoms with Crippen LogP contribution >= 0.6 is 0 Å². The van der Waals surface area contributed by atoms with Crippen molar-refractivity contribution in [2.75, 3.05) is 6.54 Å². The second kappa shape index (κ2) is 7.88. The molecule has 0 aliphatic rings. The molecule has 0 radical (unpaired) electrons. The topological polar surface area (TPSA) is 77.8 Å². The average molecular weight is 288 g/mol. The summed E-state index contributed by atoms with van der Waals surface area (Å²) in [6.45, 7) is 5.21. The van der Waals surface area contributed by atoms with Crippen LogP contribution in [0.2, 0.25) is 0 Å². The maximum Gasteiger partial charge on any atom is 0.226 e. The van der Waals surface area contributed by atoms with Crippen molar-refractivity contribution in [3.05, 3.63) is 41.8 Å². The Morgan fingerprint density at radius 1 is 1.19 bits per heavy atom. The molecule has 114 valence electrons. The third-order valence-electron chi connectivity index (χ3n) is 3.83. The third-order valence-corrected chi connectivity index (χ3v) is 3.83. The van der Waals surface area contributed by atoms with Gasteiger partial charge in [-0.15, -0.1) is 0 Å². The molecule has 0 saturated carbocycles. The van der Waals surface area contributed by atoms with Gasteiger partial charge in [0.05, 0.1) is 0 Å². The molecule has 2 rings (SSSR count). The van der Waals surface area contributed by atoms with Crippen LogP contribution in [0.25, 0.3) is 0 Å². The van der Waals surface area contributed by atoms with E-state index in [-0.39, 0.29) is 0 Å². The molecule has 21 heavy (non-hydrogen) atoms. The lowest BCUT2D eigenvalue weighted by Gasteiger charge is -2.18. The number of pyridine rings is 1. The largest absolute Gasteiger partial charge is 0.339 e. The van der Waals surface area contributed by atoms with Crippen LogP contribution in [0.5, 0.6) is 0 Å². The summed E-state index contributed by atoms with van der Waals surface area (Å²) in [6, 6.07) is 3.93. The number of hydrogen-bond acceptors (Lipinski definition) is 5. The lowest BCUT2D eigenvalue weighted by atomic mass is 9.88. The summed E-state index contributed by atoms with van der Waals surface area (Å²) in [5.74, 6) is 2.70. The molecule has 1 unspecified atom stereocenters. The zero-order valence-electron chi connectivity index (χ0n) is 12.8. The number of nitrogens with zero attached hydrogens (tertiary/aromatic N) is 3. The SMILES string of the molecule is CC(C)C(CCN)CCc1nc(Cc2ccncc2)no1. The van der Waals surface area contributed by atoms with E-state index in [0.717, 1.165) is 43.1 Å². The van der Waals surface area contributed by atoms with Gasteiger partial charge in [0, 0.05) is 25.2 Å². The van der Waals surface area contributed by atoms with Crippen LogP contribution < -0.4 is 5.73 Å². The normalized spacial score (nSPS) is 12.8. The summed E-state index contributed by atoms with van der Waals surface area (Å²) in [5.41, 5.74) is 6.81. The Labute approximate surface area is 126 Å². The highest BCUT2D eigenvalue weighted by Crippen LogP contribution is 2.20. The van der Waals surface area contributed by atoms with E-state index < -0.39 is 0 Å². The molecule has 5 nitrogen and oxygen atoms in total. The Hall–Kier alpha value is -1.75. The van der Waals surface area contributed by atoms with Crippen molar-refractivity contribution < 1.29 is 4.52 Å². The van der Waals surface area contributed by atoms with Gasteiger partial charge in [-0.2, -0.15) is 4.98 Å². The van der Waals surface area contributed by atoms with E-state index in [2.05, 4.69) is 29.0 Å². The van der Waals surface area contributed by atoms with Gasteiger partial charge in [0.2, 0.25) is 5.89 Å². The molecule has 5 heteroatoms. The maximum absolute atomic E-state index is 5.67. The lowest BCUT2D eigenvalue weighted by molar-refractivity contribution is 0.313. The second-order valence-corrected chi connectivity index (χ2v) is 5.76. The first-order valence-electron chi connectivity index (χ1n) is 7.59. The molecule has 0 fully saturated rings. The molecule has 0 amide bonds. The summed E-state index contributed by atoms with van der Waals surface area (Å²) >= 11 is 0. The van der Waals surface area contributed by atoms with Crippen LogP contribution in [0, 0.1) is 11.8 Å². The van der Waals surface area contributed by atoms with Crippen molar-refractivity contribution in [1.82, 2.24) is 15.1 Å². The predicted molar refractivity (Wildman–Crippen MR) is 81.7 cm³/mol. The highest BCUT2D eigenvalue weighted by Gasteiger charge is 2.15. The molecule has 2 aromatic rings. The van der Waals surface area contributed by atoms with Gasteiger partial charge in [0.15, 0.2) is 5.82 Å². The van der Waals surface area contributed by atoms with Crippen LogP contribution in [-0.2, 0) is 12.8 Å². The zero-order chi connectivity index (χ0) is 15.1. The summed E-state index contributed by atoms with van der Waals surface area (Å²) in [7, 11) is 0. The van der Waals surface area contributed by atoms with Crippen LogP contribution in [0.1, 0.15) is 44.0 Å². The predicted octanol–water partition coefficient (Wildman–Crippen LogP) is 2.61. The van der Waals surface area contributed by atoms with Crippen LogP contribution in [0.15, 0.2) is 29.0 Å². The van der Waals surface area contributed by atoms with Gasteiger partial charge in [-0.3, -0.25) is 4.98 Å². The second-order valence-electron chi connectivity index (χ2n) is 5.76. The number of nitrogens with two attached hydrogens (primary N) is 1. The third kappa shape index (κ3) is 4.93. The van der Waals surface area contributed by atoms with Gasteiger partial charge in [0.25, 0.3) is 0 Å². The van der Waals surface area contributed by atoms with Crippen LogP contribution in [-0.4, -0.2) is 21.7 Å². The first kappa shape index (κ1) is 15.6. The molecule has 0 aliphatic carbocycles. The van der Waals surface area contributed by atoms with Crippen molar-refractivity contribution in [2.45, 2.75) is 39.5 Å². The fourth-order valence-corrected chi connectivity index (χ4v) is 2.48. The minimum atomic E-state index is 0.616. The van der Waals surface area contributed by atoms with Crippen molar-refractivity contribution in [2.24, 2.45) is 17.6 Å². The Bertz CT molecular complexity index is 524. The Morgan fingerprint density at radius 3 is 2.62 bits per heavy atom. The fraction of sp³-hybridized carbons (Fsp3) is 0.562. The molecule has 1 atom stereocenters. The molecule has 0 saturated heterocycles. The van der Waals surface area contributed by atoms with Crippen molar-refractivity contribution in [3.63, 3.8) is 0 Å². The smallest absolute Gasteiger partial charge is 0.226 e. The molecule has 0 bridgehead atoms. The minimum absolute atomic E-state index is 0.616. The molecule has 2 aromatic heterocycles. The summed E-state index contributed by atoms with van der Waals surface area (Å²) in [6.07, 6.45) is 7.16. The minimum Gasteiger partial charge on any atom is -0.339 e. The van der Waals surface area contributed by atoms with Gasteiger partial charge in [-0.25, -0.2) is 0 Å². The van der Waals surface area contributed by atoms with Crippen molar-refractivity contribution in [1.29, 1.82) is 0 Å². The number of aromatic nitrogens is 3. The fourth-order valence-electron chi connectivity index (χ4n) is 2.48. The monoisotopic (exact) mass is 288 g/mol. The van der Waals surface area contributed by atoms with E-state index in [1.807, 2.05) is 12.1 Å². The summed E-state index contributed by atoms with van der Waals surface area (Å²) in [5, 5.41) is 4.05. The van der Waals surface area contributed by atoms with E-state index in [9.17, 15) is 0 Å². The molecule has 2 N–H and O–H groups in total. The van der Waals surface area contributed by atoms with Gasteiger partial charge < -0.3 is 10.3 Å². The first-order chi connectivity index (χ1) is 10.2. The molecular formula is C16H24N4O. The van der Waals surface area contributed by atoms with E-state index >= 15 is 0 Å². The quantitative estimate of drug-likeness (QED) is 0.808. The highest BCUT2D eigenvalue weighted by molar-refractivity contribution is 5.14. The maximum atomic E-state index is 5.67. The van der Waals surface area contributed by atoms with E-state index in [1.165, 1.54) is 0 Å². The van der Waals surface area contributed by atoms with Gasteiger partial charge in [-0.05, 0) is 48.9 Å². The van der Waals surface area contributed by atoms with Crippen molar-refractivity contribution >= 4 is 0 Å². The van der Waals surface area contributed by atoms with Crippen LogP contribution in [0.4, 0.5) is 0 Å². The Kier molecular flexibility index (Phi) is 5.87. The summed E-state index contributed by atoms with van der Waals surface area (Å²) < 4.78 is 5.34. The van der Waals surface area contributed by atoms with E-state index in [0.29, 0.717) is 18.3 Å². The van der Waals surface area contributed by atoms with E-state index in [4.69, 9.17) is 10.3 Å². The zero-order valence-corrected chi connectivity index (χ0v) is 12.8. The molecular weight excluding hydrogens is 264 g/mol. The van der Waals surface area contributed by atoms with Gasteiger partial charge in [0.1, 0.15) is 0 Å². The highest BCUT2D eigenvalue weighted by atomic mass is 16.5. The number of aryl methyl sites for hydroxylation is 1. The Balaban J connectivity index is 1.88. The molecule has 0 aliphatic heterocycles. The average Bonchev–Trinajstić information content (AvgIpc) is 2.92. The summed E-state index contributed by atoms with van der Waals surface area (Å²) in [4.78, 5) is 8.47. The number of hydrogen-bond donors (Lipinski definition) is 1. The molecule has 0 aromatic carbocycles. The van der Waals surface area contributed by atoms with Crippen LogP contribution in [0.3, 0.4) is 0 Å². The standard InChI is InChI=1S/C16H24N4O/c1-12(2)14(5-8-17)3-4-16-19-15(20-21-16)11-13-6-9-18-10-7-13/h6-7,9-10,12,14H,3-5,8,11,17H2,1-2H3. The first-order valence-corrected chi connectivity index (χ1v) is 7.59.